The first kappa shape index (κ1) is 13.7. The van der Waals surface area contributed by atoms with Crippen LogP contribution in [0.4, 0.5) is 0 Å². The minimum absolute atomic E-state index is 0.0399. The van der Waals surface area contributed by atoms with Gasteiger partial charge >= 0.3 is 0 Å². The molecular formula is C14H17N3OS. The summed E-state index contributed by atoms with van der Waals surface area (Å²) in [6.45, 7) is 3.41. The third kappa shape index (κ3) is 4.44. The van der Waals surface area contributed by atoms with Crippen LogP contribution in [-0.4, -0.2) is 21.4 Å². The van der Waals surface area contributed by atoms with Crippen LogP contribution in [0.5, 0.6) is 0 Å². The number of hydrogen-bond donors (Lipinski definition) is 1. The van der Waals surface area contributed by atoms with Crippen molar-refractivity contribution in [2.24, 2.45) is 0 Å². The number of thioether (sulfide) groups is 1. The lowest BCUT2D eigenvalue weighted by molar-refractivity contribution is -0.118. The van der Waals surface area contributed by atoms with Gasteiger partial charge in [0, 0.05) is 29.7 Å². The van der Waals surface area contributed by atoms with Gasteiger partial charge in [-0.3, -0.25) is 9.48 Å². The Balaban J connectivity index is 1.73. The summed E-state index contributed by atoms with van der Waals surface area (Å²) >= 11 is 1.54. The van der Waals surface area contributed by atoms with Gasteiger partial charge in [-0.1, -0.05) is 18.2 Å². The van der Waals surface area contributed by atoms with Crippen LogP contribution in [0.3, 0.4) is 0 Å². The molecule has 0 saturated carbocycles. The second-order valence-corrected chi connectivity index (χ2v) is 5.13. The molecule has 0 bridgehead atoms. The van der Waals surface area contributed by atoms with Crippen molar-refractivity contribution in [3.05, 3.63) is 48.3 Å². The van der Waals surface area contributed by atoms with Gasteiger partial charge in [-0.2, -0.15) is 5.10 Å². The number of nitrogens with zero attached hydrogens (tertiary/aromatic N) is 2. The molecule has 1 N–H and O–H groups in total. The molecule has 0 saturated heterocycles. The number of aryl methyl sites for hydroxylation is 1. The summed E-state index contributed by atoms with van der Waals surface area (Å²) in [4.78, 5) is 12.8. The molecule has 1 amide bonds. The normalized spacial score (nSPS) is 10.4. The number of carbonyl (C=O) groups is 1. The van der Waals surface area contributed by atoms with E-state index in [9.17, 15) is 4.79 Å². The van der Waals surface area contributed by atoms with Gasteiger partial charge in [0.25, 0.3) is 0 Å². The predicted octanol–water partition coefficient (Wildman–Crippen LogP) is 2.31. The first-order chi connectivity index (χ1) is 9.28. The highest BCUT2D eigenvalue weighted by Crippen LogP contribution is 2.16. The van der Waals surface area contributed by atoms with Crippen LogP contribution in [0, 0.1) is 0 Å². The fraction of sp³-hybridized carbons (Fsp3) is 0.286. The van der Waals surface area contributed by atoms with Gasteiger partial charge < -0.3 is 5.32 Å². The summed E-state index contributed by atoms with van der Waals surface area (Å²) in [6, 6.07) is 9.92. The average molecular weight is 275 g/mol. The standard InChI is InChI=1S/C14H17N3OS/c1-2-17-10-12(9-16-17)8-15-14(18)11-19-13-6-4-3-5-7-13/h3-7,9-10H,2,8,11H2,1H3,(H,15,18). The third-order valence-electron chi connectivity index (χ3n) is 2.61. The molecule has 0 radical (unpaired) electrons. The molecule has 2 aromatic rings. The maximum atomic E-state index is 11.7. The second kappa shape index (κ2) is 6.99. The smallest absolute Gasteiger partial charge is 0.230 e. The summed E-state index contributed by atoms with van der Waals surface area (Å²) in [7, 11) is 0. The number of hydrogen-bond acceptors (Lipinski definition) is 3. The lowest BCUT2D eigenvalue weighted by Gasteiger charge is -2.03. The SMILES string of the molecule is CCn1cc(CNC(=O)CSc2ccccc2)cn1. The molecule has 0 fully saturated rings. The largest absolute Gasteiger partial charge is 0.351 e. The van der Waals surface area contributed by atoms with Crippen LogP contribution in [0.2, 0.25) is 0 Å². The van der Waals surface area contributed by atoms with E-state index in [1.165, 1.54) is 0 Å². The topological polar surface area (TPSA) is 46.9 Å². The van der Waals surface area contributed by atoms with Crippen LogP contribution in [0.15, 0.2) is 47.6 Å². The molecule has 1 heterocycles. The van der Waals surface area contributed by atoms with Crippen molar-refractivity contribution in [2.45, 2.75) is 24.9 Å². The van der Waals surface area contributed by atoms with Gasteiger partial charge in [-0.25, -0.2) is 0 Å². The summed E-state index contributed by atoms with van der Waals surface area (Å²) < 4.78 is 1.85. The number of benzene rings is 1. The first-order valence-corrected chi connectivity index (χ1v) is 7.22. The van der Waals surface area contributed by atoms with E-state index in [1.807, 2.05) is 48.1 Å². The zero-order chi connectivity index (χ0) is 13.5. The van der Waals surface area contributed by atoms with Crippen LogP contribution in [0.1, 0.15) is 12.5 Å². The number of aromatic nitrogens is 2. The quantitative estimate of drug-likeness (QED) is 0.823. The fourth-order valence-corrected chi connectivity index (χ4v) is 2.34. The number of amides is 1. The molecule has 0 atom stereocenters. The Morgan fingerprint density at radius 2 is 2.16 bits per heavy atom. The summed E-state index contributed by atoms with van der Waals surface area (Å²) in [5.41, 5.74) is 1.03. The second-order valence-electron chi connectivity index (χ2n) is 4.08. The highest BCUT2D eigenvalue weighted by atomic mass is 32.2. The maximum absolute atomic E-state index is 11.7. The highest BCUT2D eigenvalue weighted by Gasteiger charge is 2.03. The lowest BCUT2D eigenvalue weighted by atomic mass is 10.3. The monoisotopic (exact) mass is 275 g/mol. The average Bonchev–Trinajstić information content (AvgIpc) is 2.92. The van der Waals surface area contributed by atoms with Crippen LogP contribution in [-0.2, 0) is 17.9 Å². The van der Waals surface area contributed by atoms with Crippen molar-refractivity contribution in [3.8, 4) is 0 Å². The Morgan fingerprint density at radius 3 is 2.84 bits per heavy atom. The molecule has 100 valence electrons. The zero-order valence-electron chi connectivity index (χ0n) is 10.9. The molecule has 4 nitrogen and oxygen atoms in total. The summed E-state index contributed by atoms with van der Waals surface area (Å²) in [6.07, 6.45) is 3.73. The number of carbonyl (C=O) groups excluding carboxylic acids is 1. The molecule has 1 aromatic heterocycles. The van der Waals surface area contributed by atoms with Crippen LogP contribution >= 0.6 is 11.8 Å². The van der Waals surface area contributed by atoms with Crippen LogP contribution < -0.4 is 5.32 Å². The Bertz CT molecular complexity index is 524. The van der Waals surface area contributed by atoms with E-state index in [4.69, 9.17) is 0 Å². The molecule has 0 spiro atoms. The minimum atomic E-state index is 0.0399. The van der Waals surface area contributed by atoms with Gasteiger partial charge in [-0.15, -0.1) is 11.8 Å². The van der Waals surface area contributed by atoms with E-state index >= 15 is 0 Å². The van der Waals surface area contributed by atoms with Crippen molar-refractivity contribution < 1.29 is 4.79 Å². The van der Waals surface area contributed by atoms with E-state index in [0.717, 1.165) is 17.0 Å². The van der Waals surface area contributed by atoms with Crippen molar-refractivity contribution in [1.29, 1.82) is 0 Å². The Morgan fingerprint density at radius 1 is 1.37 bits per heavy atom. The molecule has 19 heavy (non-hydrogen) atoms. The summed E-state index contributed by atoms with van der Waals surface area (Å²) in [5.74, 6) is 0.476. The van der Waals surface area contributed by atoms with Crippen LogP contribution in [0.25, 0.3) is 0 Å². The van der Waals surface area contributed by atoms with E-state index in [-0.39, 0.29) is 5.91 Å². The van der Waals surface area contributed by atoms with Crippen molar-refractivity contribution in [2.75, 3.05) is 5.75 Å². The van der Waals surface area contributed by atoms with Gasteiger partial charge in [0.15, 0.2) is 0 Å². The molecule has 1 aromatic carbocycles. The number of nitrogens with one attached hydrogen (secondary N) is 1. The predicted molar refractivity (Wildman–Crippen MR) is 76.9 cm³/mol. The van der Waals surface area contributed by atoms with Gasteiger partial charge in [0.2, 0.25) is 5.91 Å². The van der Waals surface area contributed by atoms with E-state index in [1.54, 1.807) is 18.0 Å². The molecule has 0 aliphatic rings. The van der Waals surface area contributed by atoms with E-state index in [0.29, 0.717) is 12.3 Å². The Labute approximate surface area is 117 Å². The lowest BCUT2D eigenvalue weighted by Crippen LogP contribution is -2.24. The molecule has 0 unspecified atom stereocenters. The van der Waals surface area contributed by atoms with Gasteiger partial charge in [-0.05, 0) is 19.1 Å². The van der Waals surface area contributed by atoms with Gasteiger partial charge in [0.05, 0.1) is 11.9 Å². The third-order valence-corrected chi connectivity index (χ3v) is 3.63. The van der Waals surface area contributed by atoms with Crippen molar-refractivity contribution in [1.82, 2.24) is 15.1 Å². The van der Waals surface area contributed by atoms with E-state index in [2.05, 4.69) is 10.4 Å². The minimum Gasteiger partial charge on any atom is -0.351 e. The molecular weight excluding hydrogens is 258 g/mol. The Hall–Kier alpha value is -1.75. The van der Waals surface area contributed by atoms with Crippen molar-refractivity contribution in [3.63, 3.8) is 0 Å². The molecule has 5 heteroatoms. The molecule has 0 aliphatic heterocycles. The molecule has 2 rings (SSSR count). The number of rotatable bonds is 6. The zero-order valence-corrected chi connectivity index (χ0v) is 11.7. The summed E-state index contributed by atoms with van der Waals surface area (Å²) in [5, 5.41) is 7.06. The van der Waals surface area contributed by atoms with E-state index < -0.39 is 0 Å². The first-order valence-electron chi connectivity index (χ1n) is 6.24. The fourth-order valence-electron chi connectivity index (χ4n) is 1.59. The highest BCUT2D eigenvalue weighted by molar-refractivity contribution is 8.00. The maximum Gasteiger partial charge on any atom is 0.230 e. The van der Waals surface area contributed by atoms with Gasteiger partial charge in [0.1, 0.15) is 0 Å². The van der Waals surface area contributed by atoms with Crippen molar-refractivity contribution >= 4 is 17.7 Å². The molecule has 0 aliphatic carbocycles. The Kier molecular flexibility index (Phi) is 5.03.